The molecule has 0 bridgehead atoms. The standard InChI is InChI=1S/C11H12BrFN2O/c12-7-3-1-4-8(13)10(7)15-11(16)9-5-2-6-14-9/h1,3-4,9,14H,2,5-6H2,(H,15,16)/t9-/m1/s1. The summed E-state index contributed by atoms with van der Waals surface area (Å²) in [7, 11) is 0. The summed E-state index contributed by atoms with van der Waals surface area (Å²) in [6.45, 7) is 0.844. The lowest BCUT2D eigenvalue weighted by Gasteiger charge is -2.12. The fourth-order valence-corrected chi connectivity index (χ4v) is 2.18. The molecule has 0 unspecified atom stereocenters. The van der Waals surface area contributed by atoms with Crippen LogP contribution in [0, 0.1) is 5.82 Å². The van der Waals surface area contributed by atoms with E-state index in [4.69, 9.17) is 0 Å². The second kappa shape index (κ2) is 4.93. The first-order chi connectivity index (χ1) is 7.68. The molecule has 1 aliphatic rings. The van der Waals surface area contributed by atoms with E-state index in [2.05, 4.69) is 26.6 Å². The number of rotatable bonds is 2. The summed E-state index contributed by atoms with van der Waals surface area (Å²) in [6, 6.07) is 4.40. The molecule has 1 fully saturated rings. The summed E-state index contributed by atoms with van der Waals surface area (Å²) in [5.74, 6) is -0.607. The van der Waals surface area contributed by atoms with E-state index in [0.717, 1.165) is 19.4 Å². The Labute approximate surface area is 102 Å². The molecule has 0 aliphatic carbocycles. The molecule has 1 heterocycles. The molecule has 3 nitrogen and oxygen atoms in total. The van der Waals surface area contributed by atoms with Gasteiger partial charge in [-0.2, -0.15) is 0 Å². The Morgan fingerprint density at radius 1 is 1.56 bits per heavy atom. The zero-order valence-electron chi connectivity index (χ0n) is 8.59. The van der Waals surface area contributed by atoms with Gasteiger partial charge >= 0.3 is 0 Å². The normalized spacial score (nSPS) is 19.8. The van der Waals surface area contributed by atoms with Gasteiger partial charge in [-0.15, -0.1) is 0 Å². The molecule has 1 atom stereocenters. The van der Waals surface area contributed by atoms with Crippen LogP contribution >= 0.6 is 15.9 Å². The topological polar surface area (TPSA) is 41.1 Å². The summed E-state index contributed by atoms with van der Waals surface area (Å²) in [4.78, 5) is 11.8. The zero-order chi connectivity index (χ0) is 11.5. The molecule has 86 valence electrons. The van der Waals surface area contributed by atoms with Crippen LogP contribution < -0.4 is 10.6 Å². The number of hydrogen-bond donors (Lipinski definition) is 2. The van der Waals surface area contributed by atoms with Crippen molar-refractivity contribution in [3.63, 3.8) is 0 Å². The highest BCUT2D eigenvalue weighted by Crippen LogP contribution is 2.25. The van der Waals surface area contributed by atoms with Gasteiger partial charge in [0.15, 0.2) is 0 Å². The first-order valence-corrected chi connectivity index (χ1v) is 5.96. The van der Waals surface area contributed by atoms with Gasteiger partial charge < -0.3 is 10.6 Å². The van der Waals surface area contributed by atoms with E-state index in [1.54, 1.807) is 12.1 Å². The molecule has 2 rings (SSSR count). The third kappa shape index (κ3) is 2.41. The highest BCUT2D eigenvalue weighted by atomic mass is 79.9. The summed E-state index contributed by atoms with van der Waals surface area (Å²) in [6.07, 6.45) is 1.79. The summed E-state index contributed by atoms with van der Waals surface area (Å²) < 4.78 is 14.0. The maximum absolute atomic E-state index is 13.4. The summed E-state index contributed by atoms with van der Waals surface area (Å²) >= 11 is 3.21. The van der Waals surface area contributed by atoms with Crippen molar-refractivity contribution in [2.24, 2.45) is 0 Å². The molecule has 0 radical (unpaired) electrons. The second-order valence-corrected chi connectivity index (χ2v) is 4.59. The number of carbonyl (C=O) groups is 1. The molecule has 0 spiro atoms. The van der Waals surface area contributed by atoms with Crippen LogP contribution in [0.4, 0.5) is 10.1 Å². The van der Waals surface area contributed by atoms with E-state index in [0.29, 0.717) is 4.47 Å². The van der Waals surface area contributed by atoms with Gasteiger partial charge in [0.2, 0.25) is 5.91 Å². The van der Waals surface area contributed by atoms with Gasteiger partial charge in [-0.05, 0) is 47.4 Å². The van der Waals surface area contributed by atoms with Crippen molar-refractivity contribution in [1.82, 2.24) is 5.32 Å². The van der Waals surface area contributed by atoms with E-state index in [1.165, 1.54) is 6.07 Å². The first kappa shape index (κ1) is 11.5. The number of carbonyl (C=O) groups excluding carboxylic acids is 1. The molecular weight excluding hydrogens is 275 g/mol. The van der Waals surface area contributed by atoms with E-state index in [1.807, 2.05) is 0 Å². The Hall–Kier alpha value is -0.940. The minimum Gasteiger partial charge on any atom is -0.321 e. The van der Waals surface area contributed by atoms with Gasteiger partial charge in [-0.25, -0.2) is 4.39 Å². The van der Waals surface area contributed by atoms with Gasteiger partial charge in [-0.3, -0.25) is 4.79 Å². The highest BCUT2D eigenvalue weighted by Gasteiger charge is 2.23. The molecule has 1 aromatic carbocycles. The van der Waals surface area contributed by atoms with Gasteiger partial charge in [0.1, 0.15) is 5.82 Å². The van der Waals surface area contributed by atoms with Crippen molar-refractivity contribution in [2.45, 2.75) is 18.9 Å². The monoisotopic (exact) mass is 286 g/mol. The van der Waals surface area contributed by atoms with Crippen LogP contribution in [0.25, 0.3) is 0 Å². The Kier molecular flexibility index (Phi) is 3.56. The van der Waals surface area contributed by atoms with Crippen molar-refractivity contribution in [3.8, 4) is 0 Å². The molecule has 1 aliphatic heterocycles. The second-order valence-electron chi connectivity index (χ2n) is 3.73. The Balaban J connectivity index is 2.11. The molecule has 1 saturated heterocycles. The third-order valence-electron chi connectivity index (χ3n) is 2.59. The molecule has 2 N–H and O–H groups in total. The summed E-state index contributed by atoms with van der Waals surface area (Å²) in [5.41, 5.74) is 0.209. The predicted molar refractivity (Wildman–Crippen MR) is 63.8 cm³/mol. The van der Waals surface area contributed by atoms with Gasteiger partial charge in [0.25, 0.3) is 0 Å². The Bertz CT molecular complexity index is 385. The number of hydrogen-bond acceptors (Lipinski definition) is 2. The van der Waals surface area contributed by atoms with Gasteiger partial charge in [0.05, 0.1) is 11.7 Å². The molecule has 0 saturated carbocycles. The quantitative estimate of drug-likeness (QED) is 0.876. The third-order valence-corrected chi connectivity index (χ3v) is 3.25. The SMILES string of the molecule is O=C(Nc1c(F)cccc1Br)[C@H]1CCCN1. The minimum absolute atomic E-state index is 0.177. The molecule has 16 heavy (non-hydrogen) atoms. The van der Waals surface area contributed by atoms with Crippen LogP contribution in [0.5, 0.6) is 0 Å². The predicted octanol–water partition coefficient (Wildman–Crippen LogP) is 2.28. The van der Waals surface area contributed by atoms with E-state index >= 15 is 0 Å². The Morgan fingerprint density at radius 2 is 2.38 bits per heavy atom. The maximum Gasteiger partial charge on any atom is 0.241 e. The fraction of sp³-hybridized carbons (Fsp3) is 0.364. The zero-order valence-corrected chi connectivity index (χ0v) is 10.2. The molecule has 5 heteroatoms. The van der Waals surface area contributed by atoms with E-state index in [-0.39, 0.29) is 17.6 Å². The van der Waals surface area contributed by atoms with Gasteiger partial charge in [0, 0.05) is 4.47 Å². The van der Waals surface area contributed by atoms with Crippen LogP contribution in [0.1, 0.15) is 12.8 Å². The van der Waals surface area contributed by atoms with Crippen molar-refractivity contribution >= 4 is 27.5 Å². The lowest BCUT2D eigenvalue weighted by molar-refractivity contribution is -0.117. The minimum atomic E-state index is -0.430. The van der Waals surface area contributed by atoms with Crippen LogP contribution in [0.3, 0.4) is 0 Å². The fourth-order valence-electron chi connectivity index (χ4n) is 1.74. The first-order valence-electron chi connectivity index (χ1n) is 5.17. The number of halogens is 2. The van der Waals surface area contributed by atoms with Crippen molar-refractivity contribution in [2.75, 3.05) is 11.9 Å². The largest absolute Gasteiger partial charge is 0.321 e. The van der Waals surface area contributed by atoms with Crippen LogP contribution in [0.15, 0.2) is 22.7 Å². The van der Waals surface area contributed by atoms with Crippen molar-refractivity contribution in [3.05, 3.63) is 28.5 Å². The molecule has 1 amide bonds. The number of anilines is 1. The number of benzene rings is 1. The van der Waals surface area contributed by atoms with Crippen molar-refractivity contribution < 1.29 is 9.18 Å². The number of nitrogens with one attached hydrogen (secondary N) is 2. The van der Waals surface area contributed by atoms with E-state index in [9.17, 15) is 9.18 Å². The lowest BCUT2D eigenvalue weighted by atomic mass is 10.2. The van der Waals surface area contributed by atoms with E-state index < -0.39 is 5.82 Å². The van der Waals surface area contributed by atoms with Crippen LogP contribution in [-0.4, -0.2) is 18.5 Å². The number of amides is 1. The summed E-state index contributed by atoms with van der Waals surface area (Å²) in [5, 5.41) is 5.66. The molecule has 1 aromatic rings. The lowest BCUT2D eigenvalue weighted by Crippen LogP contribution is -2.35. The smallest absolute Gasteiger partial charge is 0.241 e. The molecular formula is C11H12BrFN2O. The highest BCUT2D eigenvalue weighted by molar-refractivity contribution is 9.10. The van der Waals surface area contributed by atoms with Crippen LogP contribution in [-0.2, 0) is 4.79 Å². The Morgan fingerprint density at radius 3 is 3.00 bits per heavy atom. The van der Waals surface area contributed by atoms with Crippen LogP contribution in [0.2, 0.25) is 0 Å². The van der Waals surface area contributed by atoms with Gasteiger partial charge in [-0.1, -0.05) is 6.07 Å². The molecule has 0 aromatic heterocycles. The van der Waals surface area contributed by atoms with Crippen molar-refractivity contribution in [1.29, 1.82) is 0 Å². The number of para-hydroxylation sites is 1. The average molecular weight is 287 g/mol. The average Bonchev–Trinajstić information content (AvgIpc) is 2.76. The maximum atomic E-state index is 13.4.